The van der Waals surface area contributed by atoms with E-state index in [0.29, 0.717) is 22.1 Å². The molecule has 2 heterocycles. The fourth-order valence-electron chi connectivity index (χ4n) is 2.23. The SMILES string of the molecule is Cc1nsc(NC(=O)C(C)N2C(=O)c3ccccc3C2=O)n1. The summed E-state index contributed by atoms with van der Waals surface area (Å²) in [6.07, 6.45) is 0. The lowest BCUT2D eigenvalue weighted by Crippen LogP contribution is -2.45. The van der Waals surface area contributed by atoms with Gasteiger partial charge in [-0.2, -0.15) is 4.37 Å². The zero-order valence-corrected chi connectivity index (χ0v) is 12.7. The van der Waals surface area contributed by atoms with Crippen LogP contribution in [0.25, 0.3) is 0 Å². The second kappa shape index (κ2) is 5.30. The Labute approximate surface area is 130 Å². The van der Waals surface area contributed by atoms with Crippen LogP contribution in [-0.4, -0.2) is 38.0 Å². The van der Waals surface area contributed by atoms with Gasteiger partial charge >= 0.3 is 0 Å². The Morgan fingerprint density at radius 2 is 1.82 bits per heavy atom. The molecule has 2 aromatic rings. The molecular weight excluding hydrogens is 304 g/mol. The zero-order chi connectivity index (χ0) is 15.9. The third-order valence-electron chi connectivity index (χ3n) is 3.35. The molecule has 22 heavy (non-hydrogen) atoms. The van der Waals surface area contributed by atoms with Crippen molar-refractivity contribution in [2.75, 3.05) is 5.32 Å². The van der Waals surface area contributed by atoms with Crippen LogP contribution in [0.3, 0.4) is 0 Å². The molecule has 1 N–H and O–H groups in total. The van der Waals surface area contributed by atoms with Crippen LogP contribution in [0.4, 0.5) is 5.13 Å². The number of hydrogen-bond acceptors (Lipinski definition) is 6. The molecule has 1 aliphatic heterocycles. The van der Waals surface area contributed by atoms with Gasteiger partial charge in [-0.05, 0) is 26.0 Å². The summed E-state index contributed by atoms with van der Waals surface area (Å²) in [6.45, 7) is 3.21. The average Bonchev–Trinajstić information content (AvgIpc) is 3.01. The maximum atomic E-state index is 12.3. The van der Waals surface area contributed by atoms with E-state index in [0.717, 1.165) is 16.4 Å². The first-order valence-electron chi connectivity index (χ1n) is 6.57. The highest BCUT2D eigenvalue weighted by Crippen LogP contribution is 2.25. The predicted molar refractivity (Wildman–Crippen MR) is 79.7 cm³/mol. The number of aromatic nitrogens is 2. The number of fused-ring (bicyclic) bond motifs is 1. The Balaban J connectivity index is 1.81. The normalized spacial score (nSPS) is 14.9. The summed E-state index contributed by atoms with van der Waals surface area (Å²) in [5.41, 5.74) is 0.637. The molecule has 3 rings (SSSR count). The van der Waals surface area contributed by atoms with Gasteiger partial charge in [-0.1, -0.05) is 12.1 Å². The summed E-state index contributed by atoms with van der Waals surface area (Å²) in [4.78, 5) is 41.8. The van der Waals surface area contributed by atoms with E-state index < -0.39 is 23.8 Å². The number of carbonyl (C=O) groups is 3. The molecule has 1 aromatic heterocycles. The van der Waals surface area contributed by atoms with Gasteiger partial charge in [0, 0.05) is 11.5 Å². The fraction of sp³-hybridized carbons (Fsp3) is 0.214. The van der Waals surface area contributed by atoms with Crippen LogP contribution >= 0.6 is 11.5 Å². The molecule has 3 amide bonds. The van der Waals surface area contributed by atoms with Gasteiger partial charge in [-0.25, -0.2) is 4.98 Å². The van der Waals surface area contributed by atoms with Crippen LogP contribution in [0.5, 0.6) is 0 Å². The highest BCUT2D eigenvalue weighted by atomic mass is 32.1. The largest absolute Gasteiger partial charge is 0.299 e. The van der Waals surface area contributed by atoms with Crippen molar-refractivity contribution in [3.05, 3.63) is 41.2 Å². The van der Waals surface area contributed by atoms with E-state index in [1.807, 2.05) is 0 Å². The highest BCUT2D eigenvalue weighted by Gasteiger charge is 2.40. The molecule has 0 aliphatic carbocycles. The van der Waals surface area contributed by atoms with Gasteiger partial charge in [0.15, 0.2) is 0 Å². The molecule has 0 saturated carbocycles. The molecule has 1 aliphatic rings. The number of carbonyl (C=O) groups excluding carboxylic acids is 3. The molecule has 1 unspecified atom stereocenters. The highest BCUT2D eigenvalue weighted by molar-refractivity contribution is 7.09. The van der Waals surface area contributed by atoms with Gasteiger partial charge in [0.2, 0.25) is 11.0 Å². The monoisotopic (exact) mass is 316 g/mol. The number of rotatable bonds is 3. The zero-order valence-electron chi connectivity index (χ0n) is 11.9. The van der Waals surface area contributed by atoms with Crippen molar-refractivity contribution in [1.29, 1.82) is 0 Å². The number of imide groups is 1. The predicted octanol–water partition coefficient (Wildman–Crippen LogP) is 1.47. The standard InChI is InChI=1S/C14H12N4O3S/c1-7(11(19)16-14-15-8(2)17-22-14)18-12(20)9-5-3-4-6-10(9)13(18)21/h3-7H,1-2H3,(H,15,16,17,19). The number of anilines is 1. The van der Waals surface area contributed by atoms with Crippen LogP contribution in [-0.2, 0) is 4.79 Å². The smallest absolute Gasteiger partial charge is 0.262 e. The van der Waals surface area contributed by atoms with E-state index in [2.05, 4.69) is 14.7 Å². The molecule has 7 nitrogen and oxygen atoms in total. The van der Waals surface area contributed by atoms with Gasteiger partial charge in [0.05, 0.1) is 11.1 Å². The summed E-state index contributed by atoms with van der Waals surface area (Å²) in [5.74, 6) is -0.854. The molecule has 0 spiro atoms. The summed E-state index contributed by atoms with van der Waals surface area (Å²) in [5, 5.41) is 2.91. The Hall–Kier alpha value is -2.61. The molecule has 0 bridgehead atoms. The average molecular weight is 316 g/mol. The lowest BCUT2D eigenvalue weighted by atomic mass is 10.1. The Bertz CT molecular complexity index is 751. The summed E-state index contributed by atoms with van der Waals surface area (Å²) in [6, 6.07) is 5.59. The first-order chi connectivity index (χ1) is 10.5. The third kappa shape index (κ3) is 2.27. The van der Waals surface area contributed by atoms with E-state index in [1.165, 1.54) is 6.92 Å². The maximum absolute atomic E-state index is 12.3. The summed E-state index contributed by atoms with van der Waals surface area (Å²) < 4.78 is 3.96. The molecule has 0 saturated heterocycles. The Kier molecular flexibility index (Phi) is 3.45. The van der Waals surface area contributed by atoms with E-state index in [4.69, 9.17) is 0 Å². The number of nitrogens with one attached hydrogen (secondary N) is 1. The summed E-state index contributed by atoms with van der Waals surface area (Å²) in [7, 11) is 0. The van der Waals surface area contributed by atoms with Gasteiger partial charge in [-0.15, -0.1) is 0 Å². The summed E-state index contributed by atoms with van der Waals surface area (Å²) >= 11 is 1.05. The van der Waals surface area contributed by atoms with Gasteiger partial charge in [0.25, 0.3) is 11.8 Å². The first-order valence-corrected chi connectivity index (χ1v) is 7.34. The number of nitrogens with zero attached hydrogens (tertiary/aromatic N) is 3. The van der Waals surface area contributed by atoms with Crippen molar-refractivity contribution in [1.82, 2.24) is 14.3 Å². The van der Waals surface area contributed by atoms with E-state index in [9.17, 15) is 14.4 Å². The van der Waals surface area contributed by atoms with Crippen molar-refractivity contribution in [2.45, 2.75) is 19.9 Å². The number of hydrogen-bond donors (Lipinski definition) is 1. The Morgan fingerprint density at radius 3 is 2.32 bits per heavy atom. The van der Waals surface area contributed by atoms with Gasteiger partial charge in [0.1, 0.15) is 11.9 Å². The lowest BCUT2D eigenvalue weighted by molar-refractivity contribution is -0.119. The van der Waals surface area contributed by atoms with Crippen LogP contribution in [0.1, 0.15) is 33.5 Å². The van der Waals surface area contributed by atoms with E-state index >= 15 is 0 Å². The third-order valence-corrected chi connectivity index (χ3v) is 4.07. The van der Waals surface area contributed by atoms with Gasteiger partial charge < -0.3 is 0 Å². The molecule has 8 heteroatoms. The van der Waals surface area contributed by atoms with Crippen LogP contribution in [0.15, 0.2) is 24.3 Å². The minimum absolute atomic E-state index is 0.318. The van der Waals surface area contributed by atoms with Crippen molar-refractivity contribution in [3.63, 3.8) is 0 Å². The fourth-order valence-corrected chi connectivity index (χ4v) is 2.81. The minimum Gasteiger partial charge on any atom is -0.299 e. The number of benzene rings is 1. The van der Waals surface area contributed by atoms with E-state index in [-0.39, 0.29) is 0 Å². The van der Waals surface area contributed by atoms with Crippen LogP contribution < -0.4 is 5.32 Å². The lowest BCUT2D eigenvalue weighted by Gasteiger charge is -2.20. The van der Waals surface area contributed by atoms with E-state index in [1.54, 1.807) is 31.2 Å². The second-order valence-electron chi connectivity index (χ2n) is 4.84. The van der Waals surface area contributed by atoms with Crippen molar-refractivity contribution >= 4 is 34.4 Å². The molecule has 0 radical (unpaired) electrons. The minimum atomic E-state index is -0.934. The molecule has 0 fully saturated rings. The number of amides is 3. The topological polar surface area (TPSA) is 92.3 Å². The van der Waals surface area contributed by atoms with Crippen LogP contribution in [0, 0.1) is 6.92 Å². The molecule has 112 valence electrons. The second-order valence-corrected chi connectivity index (χ2v) is 5.59. The quantitative estimate of drug-likeness (QED) is 0.866. The molecule has 1 atom stereocenters. The maximum Gasteiger partial charge on any atom is 0.262 e. The van der Waals surface area contributed by atoms with Crippen molar-refractivity contribution in [2.24, 2.45) is 0 Å². The van der Waals surface area contributed by atoms with Crippen molar-refractivity contribution < 1.29 is 14.4 Å². The first kappa shape index (κ1) is 14.3. The van der Waals surface area contributed by atoms with Crippen molar-refractivity contribution in [3.8, 4) is 0 Å². The number of aryl methyl sites for hydroxylation is 1. The Morgan fingerprint density at radius 1 is 1.23 bits per heavy atom. The van der Waals surface area contributed by atoms with Crippen LogP contribution in [0.2, 0.25) is 0 Å². The molecule has 1 aromatic carbocycles. The van der Waals surface area contributed by atoms with Gasteiger partial charge in [-0.3, -0.25) is 24.6 Å². The molecular formula is C14H12N4O3S.